The molecule has 1 aromatic carbocycles. The summed E-state index contributed by atoms with van der Waals surface area (Å²) in [5.41, 5.74) is 2.52. The largest absolute Gasteiger partial charge is 0.416 e. The minimum atomic E-state index is -4.27. The van der Waals surface area contributed by atoms with Crippen LogP contribution in [0.4, 0.5) is 13.2 Å². The van der Waals surface area contributed by atoms with Gasteiger partial charge in [-0.1, -0.05) is 12.1 Å². The van der Waals surface area contributed by atoms with Gasteiger partial charge in [-0.2, -0.15) is 18.3 Å². The summed E-state index contributed by atoms with van der Waals surface area (Å²) in [6.45, 7) is 0. The predicted molar refractivity (Wildman–Crippen MR) is 60.2 cm³/mol. The van der Waals surface area contributed by atoms with Gasteiger partial charge in [0.05, 0.1) is 11.8 Å². The number of alkyl halides is 3. The Bertz CT molecular complexity index is 554. The van der Waals surface area contributed by atoms with Gasteiger partial charge in [0.15, 0.2) is 0 Å². The van der Waals surface area contributed by atoms with Crippen LogP contribution in [0.25, 0.3) is 0 Å². The molecule has 1 aliphatic rings. The van der Waals surface area contributed by atoms with Gasteiger partial charge >= 0.3 is 6.18 Å². The molecule has 94 valence electrons. The molecule has 2 aromatic rings. The Labute approximate surface area is 102 Å². The lowest BCUT2D eigenvalue weighted by Gasteiger charge is -2.12. The number of hydrogen-bond acceptors (Lipinski definition) is 1. The van der Waals surface area contributed by atoms with E-state index in [0.717, 1.165) is 41.8 Å². The molecule has 2 nitrogen and oxygen atoms in total. The molecule has 18 heavy (non-hydrogen) atoms. The first-order valence-corrected chi connectivity index (χ1v) is 5.75. The van der Waals surface area contributed by atoms with Gasteiger partial charge in [-0.05, 0) is 30.5 Å². The Morgan fingerprint density at radius 2 is 1.89 bits per heavy atom. The van der Waals surface area contributed by atoms with E-state index in [4.69, 9.17) is 0 Å². The van der Waals surface area contributed by atoms with E-state index in [1.54, 1.807) is 18.3 Å². The topological polar surface area (TPSA) is 28.7 Å². The zero-order chi connectivity index (χ0) is 12.8. The van der Waals surface area contributed by atoms with E-state index in [-0.39, 0.29) is 5.92 Å². The second kappa shape index (κ2) is 3.86. The molecular formula is C13H11F3N2. The molecule has 0 spiro atoms. The highest BCUT2D eigenvalue weighted by atomic mass is 19.4. The van der Waals surface area contributed by atoms with Crippen LogP contribution in [0, 0.1) is 0 Å². The maximum absolute atomic E-state index is 12.5. The van der Waals surface area contributed by atoms with E-state index in [9.17, 15) is 13.2 Å². The Morgan fingerprint density at radius 3 is 2.56 bits per heavy atom. The quantitative estimate of drug-likeness (QED) is 0.826. The van der Waals surface area contributed by atoms with Crippen LogP contribution in [0.3, 0.4) is 0 Å². The number of H-pyrrole nitrogens is 1. The number of halogens is 3. The number of hydrogen-bond donors (Lipinski definition) is 1. The fraction of sp³-hybridized carbons (Fsp3) is 0.308. The third-order valence-corrected chi connectivity index (χ3v) is 3.45. The maximum atomic E-state index is 12.5. The van der Waals surface area contributed by atoms with E-state index < -0.39 is 11.7 Å². The zero-order valence-electron chi connectivity index (χ0n) is 9.46. The molecule has 0 amide bonds. The summed E-state index contributed by atoms with van der Waals surface area (Å²) in [5.74, 6) is 0.168. The molecule has 1 N–H and O–H groups in total. The van der Waals surface area contributed by atoms with Crippen LogP contribution in [0.15, 0.2) is 30.5 Å². The monoisotopic (exact) mass is 252 g/mol. The Balaban J connectivity index is 1.91. The molecule has 0 radical (unpaired) electrons. The Kier molecular flexibility index (Phi) is 2.43. The molecule has 0 fully saturated rings. The van der Waals surface area contributed by atoms with E-state index in [1.165, 1.54) is 0 Å². The second-order valence-corrected chi connectivity index (χ2v) is 4.51. The zero-order valence-corrected chi connectivity index (χ0v) is 9.46. The highest BCUT2D eigenvalue weighted by Crippen LogP contribution is 2.38. The molecule has 1 aromatic heterocycles. The average Bonchev–Trinajstić information content (AvgIpc) is 2.89. The van der Waals surface area contributed by atoms with Crippen LogP contribution in [0.2, 0.25) is 0 Å². The maximum Gasteiger partial charge on any atom is 0.416 e. The van der Waals surface area contributed by atoms with Crippen LogP contribution in [-0.4, -0.2) is 10.2 Å². The highest BCUT2D eigenvalue weighted by Gasteiger charge is 2.31. The number of fused-ring (bicyclic) bond motifs is 1. The van der Waals surface area contributed by atoms with Crippen molar-refractivity contribution in [2.45, 2.75) is 24.9 Å². The minimum absolute atomic E-state index is 0.168. The summed E-state index contributed by atoms with van der Waals surface area (Å²) in [7, 11) is 0. The molecule has 1 heterocycles. The fourth-order valence-corrected chi connectivity index (χ4v) is 2.52. The molecule has 1 atom stereocenters. The molecule has 0 aliphatic heterocycles. The molecule has 0 saturated carbocycles. The third-order valence-electron chi connectivity index (χ3n) is 3.45. The van der Waals surface area contributed by atoms with E-state index in [1.807, 2.05) is 0 Å². The normalized spacial score (nSPS) is 18.9. The molecule has 1 aliphatic carbocycles. The van der Waals surface area contributed by atoms with Crippen LogP contribution >= 0.6 is 0 Å². The smallest absolute Gasteiger partial charge is 0.282 e. The van der Waals surface area contributed by atoms with Gasteiger partial charge in [0.25, 0.3) is 0 Å². The van der Waals surface area contributed by atoms with Crippen molar-refractivity contribution in [2.75, 3.05) is 0 Å². The van der Waals surface area contributed by atoms with E-state index >= 15 is 0 Å². The van der Waals surface area contributed by atoms with Crippen molar-refractivity contribution in [1.82, 2.24) is 10.2 Å². The lowest BCUT2D eigenvalue weighted by atomic mass is 9.94. The Hall–Kier alpha value is -1.78. The first kappa shape index (κ1) is 11.3. The summed E-state index contributed by atoms with van der Waals surface area (Å²) < 4.78 is 37.4. The van der Waals surface area contributed by atoms with Crippen molar-refractivity contribution in [1.29, 1.82) is 0 Å². The highest BCUT2D eigenvalue weighted by molar-refractivity contribution is 5.39. The molecule has 0 bridgehead atoms. The van der Waals surface area contributed by atoms with Gasteiger partial charge in [0.2, 0.25) is 0 Å². The van der Waals surface area contributed by atoms with Gasteiger partial charge < -0.3 is 0 Å². The number of aromatic amines is 1. The van der Waals surface area contributed by atoms with Crippen LogP contribution in [-0.2, 0) is 12.6 Å². The number of aryl methyl sites for hydroxylation is 1. The SMILES string of the molecule is FC(F)(F)c1ccc(C2CCc3[nH]ncc32)cc1. The van der Waals surface area contributed by atoms with Crippen molar-refractivity contribution in [3.05, 3.63) is 52.8 Å². The lowest BCUT2D eigenvalue weighted by molar-refractivity contribution is -0.137. The van der Waals surface area contributed by atoms with Crippen molar-refractivity contribution in [2.24, 2.45) is 0 Å². The third kappa shape index (κ3) is 1.79. The molecule has 0 saturated heterocycles. The van der Waals surface area contributed by atoms with Crippen molar-refractivity contribution in [3.63, 3.8) is 0 Å². The fourth-order valence-electron chi connectivity index (χ4n) is 2.52. The predicted octanol–water partition coefficient (Wildman–Crippen LogP) is 3.51. The summed E-state index contributed by atoms with van der Waals surface area (Å²) in [6, 6.07) is 5.42. The van der Waals surface area contributed by atoms with Crippen molar-refractivity contribution >= 4 is 0 Å². The van der Waals surface area contributed by atoms with E-state index in [0.29, 0.717) is 0 Å². The van der Waals surface area contributed by atoms with Gasteiger partial charge in [0, 0.05) is 17.2 Å². The Morgan fingerprint density at radius 1 is 1.17 bits per heavy atom. The van der Waals surface area contributed by atoms with Gasteiger partial charge in [-0.15, -0.1) is 0 Å². The second-order valence-electron chi connectivity index (χ2n) is 4.51. The van der Waals surface area contributed by atoms with Crippen LogP contribution in [0.5, 0.6) is 0 Å². The molecule has 1 unspecified atom stereocenters. The summed E-state index contributed by atoms with van der Waals surface area (Å²) >= 11 is 0. The summed E-state index contributed by atoms with van der Waals surface area (Å²) in [4.78, 5) is 0. The summed E-state index contributed by atoms with van der Waals surface area (Å²) in [6.07, 6.45) is -0.671. The van der Waals surface area contributed by atoms with Gasteiger partial charge in [-0.3, -0.25) is 5.10 Å². The standard InChI is InChI=1S/C13H11F3N2/c14-13(15,16)9-3-1-8(2-4-9)10-5-6-12-11(10)7-17-18-12/h1-4,7,10H,5-6H2,(H,17,18). The van der Waals surface area contributed by atoms with Gasteiger partial charge in [-0.25, -0.2) is 0 Å². The minimum Gasteiger partial charge on any atom is -0.282 e. The van der Waals surface area contributed by atoms with E-state index in [2.05, 4.69) is 10.2 Å². The molecule has 5 heteroatoms. The number of nitrogens with one attached hydrogen (secondary N) is 1. The number of rotatable bonds is 1. The average molecular weight is 252 g/mol. The first-order valence-electron chi connectivity index (χ1n) is 5.75. The van der Waals surface area contributed by atoms with Crippen molar-refractivity contribution < 1.29 is 13.2 Å². The molecular weight excluding hydrogens is 241 g/mol. The van der Waals surface area contributed by atoms with Crippen LogP contribution < -0.4 is 0 Å². The summed E-state index contributed by atoms with van der Waals surface area (Å²) in [5, 5.41) is 6.89. The van der Waals surface area contributed by atoms with Gasteiger partial charge in [0.1, 0.15) is 0 Å². The number of benzene rings is 1. The lowest BCUT2D eigenvalue weighted by Crippen LogP contribution is -2.05. The number of aromatic nitrogens is 2. The first-order chi connectivity index (χ1) is 8.55. The number of nitrogens with zero attached hydrogens (tertiary/aromatic N) is 1. The molecule has 3 rings (SSSR count). The van der Waals surface area contributed by atoms with Crippen LogP contribution in [0.1, 0.15) is 34.7 Å². The van der Waals surface area contributed by atoms with Crippen molar-refractivity contribution in [3.8, 4) is 0 Å².